The number of aromatic nitrogens is 2. The summed E-state index contributed by atoms with van der Waals surface area (Å²) in [4.78, 5) is 16.4. The molecule has 1 aromatic heterocycles. The number of esters is 1. The summed E-state index contributed by atoms with van der Waals surface area (Å²) in [7, 11) is 1.92. The van der Waals surface area contributed by atoms with Gasteiger partial charge in [-0.15, -0.1) is 0 Å². The second-order valence-electron chi connectivity index (χ2n) is 6.59. The number of hydrogen-bond donors (Lipinski definition) is 0. The van der Waals surface area contributed by atoms with Crippen molar-refractivity contribution in [3.05, 3.63) is 52.9 Å². The minimum atomic E-state index is -3.84. The second-order valence-corrected chi connectivity index (χ2v) is 9.11. The van der Waals surface area contributed by atoms with E-state index in [0.717, 1.165) is 10.4 Å². The van der Waals surface area contributed by atoms with Gasteiger partial charge in [0.25, 0.3) is 5.89 Å². The quantitative estimate of drug-likeness (QED) is 0.447. The van der Waals surface area contributed by atoms with Crippen LogP contribution in [0.2, 0.25) is 5.02 Å². The van der Waals surface area contributed by atoms with Gasteiger partial charge in [-0.25, -0.2) is 17.5 Å². The highest BCUT2D eigenvalue weighted by molar-refractivity contribution is 7.89. The first-order valence-electron chi connectivity index (χ1n) is 9.11. The number of ether oxygens (including phenoxy) is 3. The van der Waals surface area contributed by atoms with E-state index in [4.69, 9.17) is 30.3 Å². The van der Waals surface area contributed by atoms with E-state index in [9.17, 15) is 13.2 Å². The van der Waals surface area contributed by atoms with E-state index in [0.29, 0.717) is 17.1 Å². The molecular formula is C20H20ClN3O7S. The van der Waals surface area contributed by atoms with Crippen LogP contribution in [0.3, 0.4) is 0 Å². The number of carbonyl (C=O) groups is 1. The Balaban J connectivity index is 1.75. The van der Waals surface area contributed by atoms with E-state index < -0.39 is 16.0 Å². The van der Waals surface area contributed by atoms with Crippen molar-refractivity contribution in [2.45, 2.75) is 11.5 Å². The lowest BCUT2D eigenvalue weighted by Gasteiger charge is -2.13. The molecule has 170 valence electrons. The smallest absolute Gasteiger partial charge is 0.338 e. The lowest BCUT2D eigenvalue weighted by molar-refractivity contribution is 0.0429. The maximum Gasteiger partial charge on any atom is 0.338 e. The summed E-state index contributed by atoms with van der Waals surface area (Å²) in [6, 6.07) is 8.93. The zero-order valence-electron chi connectivity index (χ0n) is 17.7. The molecule has 3 rings (SSSR count). The SMILES string of the molecule is COc1ccc(-c2noc(COC(=O)c3ccc(Cl)c(S(=O)(=O)N(C)C)c3)n2)c(OC)c1. The molecule has 0 unspecified atom stereocenters. The Kier molecular flexibility index (Phi) is 7.02. The molecule has 0 spiro atoms. The average Bonchev–Trinajstić information content (AvgIpc) is 3.25. The fourth-order valence-corrected chi connectivity index (χ4v) is 4.04. The third-order valence-electron chi connectivity index (χ3n) is 4.37. The number of halogens is 1. The van der Waals surface area contributed by atoms with Gasteiger partial charge in [0.1, 0.15) is 16.4 Å². The molecule has 0 amide bonds. The molecule has 12 heteroatoms. The largest absolute Gasteiger partial charge is 0.497 e. The van der Waals surface area contributed by atoms with Crippen LogP contribution in [0.5, 0.6) is 11.5 Å². The van der Waals surface area contributed by atoms with Gasteiger partial charge in [0.05, 0.1) is 30.4 Å². The van der Waals surface area contributed by atoms with E-state index in [-0.39, 0.29) is 33.8 Å². The van der Waals surface area contributed by atoms with E-state index in [2.05, 4.69) is 10.1 Å². The summed E-state index contributed by atoms with van der Waals surface area (Å²) in [6.45, 7) is -0.317. The zero-order chi connectivity index (χ0) is 23.5. The summed E-state index contributed by atoms with van der Waals surface area (Å²) < 4.78 is 46.6. The molecular weight excluding hydrogens is 462 g/mol. The molecule has 0 bridgehead atoms. The molecule has 0 saturated carbocycles. The van der Waals surface area contributed by atoms with Crippen LogP contribution in [0.1, 0.15) is 16.2 Å². The lowest BCUT2D eigenvalue weighted by atomic mass is 10.2. The highest BCUT2D eigenvalue weighted by atomic mass is 35.5. The highest BCUT2D eigenvalue weighted by Crippen LogP contribution is 2.31. The van der Waals surface area contributed by atoms with Gasteiger partial charge in [-0.1, -0.05) is 16.8 Å². The van der Waals surface area contributed by atoms with Crippen LogP contribution < -0.4 is 9.47 Å². The Hall–Kier alpha value is -3.15. The molecule has 0 N–H and O–H groups in total. The van der Waals surface area contributed by atoms with Gasteiger partial charge in [0.2, 0.25) is 15.8 Å². The maximum absolute atomic E-state index is 12.4. The van der Waals surface area contributed by atoms with Crippen LogP contribution in [0.4, 0.5) is 0 Å². The van der Waals surface area contributed by atoms with Crippen LogP contribution in [0, 0.1) is 0 Å². The van der Waals surface area contributed by atoms with Crippen LogP contribution in [0.15, 0.2) is 45.8 Å². The molecule has 2 aromatic carbocycles. The number of sulfonamides is 1. The Bertz CT molecular complexity index is 1240. The van der Waals surface area contributed by atoms with E-state index in [1.807, 2.05) is 0 Å². The minimum Gasteiger partial charge on any atom is -0.497 e. The van der Waals surface area contributed by atoms with Crippen molar-refractivity contribution in [2.24, 2.45) is 0 Å². The third-order valence-corrected chi connectivity index (χ3v) is 6.67. The normalized spacial score (nSPS) is 11.4. The fraction of sp³-hybridized carbons (Fsp3) is 0.250. The number of nitrogens with zero attached hydrogens (tertiary/aromatic N) is 3. The first-order chi connectivity index (χ1) is 15.2. The average molecular weight is 482 g/mol. The molecule has 0 saturated heterocycles. The van der Waals surface area contributed by atoms with Crippen molar-refractivity contribution >= 4 is 27.6 Å². The topological polar surface area (TPSA) is 121 Å². The van der Waals surface area contributed by atoms with Gasteiger partial charge in [-0.3, -0.25) is 0 Å². The van der Waals surface area contributed by atoms with Gasteiger partial charge in [0, 0.05) is 20.2 Å². The molecule has 0 aliphatic heterocycles. The number of rotatable bonds is 8. The van der Waals surface area contributed by atoms with Crippen molar-refractivity contribution in [2.75, 3.05) is 28.3 Å². The summed E-state index contributed by atoms with van der Waals surface area (Å²) in [5.74, 6) is 0.577. The van der Waals surface area contributed by atoms with Crippen molar-refractivity contribution in [1.29, 1.82) is 0 Å². The summed E-state index contributed by atoms with van der Waals surface area (Å²) in [5, 5.41) is 3.87. The molecule has 0 atom stereocenters. The molecule has 0 aliphatic carbocycles. The van der Waals surface area contributed by atoms with Crippen molar-refractivity contribution in [3.8, 4) is 22.9 Å². The second kappa shape index (κ2) is 9.55. The number of benzene rings is 2. The number of hydrogen-bond acceptors (Lipinski definition) is 9. The van der Waals surface area contributed by atoms with Crippen LogP contribution in [0.25, 0.3) is 11.4 Å². The molecule has 0 radical (unpaired) electrons. The monoisotopic (exact) mass is 481 g/mol. The summed E-state index contributed by atoms with van der Waals surface area (Å²) in [6.07, 6.45) is 0. The first kappa shape index (κ1) is 23.5. The van der Waals surface area contributed by atoms with Crippen LogP contribution >= 0.6 is 11.6 Å². The standard InChI is InChI=1S/C20H20ClN3O7S/c1-24(2)32(26,27)17-9-12(5-8-15(17)21)20(25)30-11-18-22-19(23-31-18)14-7-6-13(28-3)10-16(14)29-4/h5-10H,11H2,1-4H3. The van der Waals surface area contributed by atoms with Gasteiger partial charge >= 0.3 is 5.97 Å². The Morgan fingerprint density at radius 1 is 1.12 bits per heavy atom. The maximum atomic E-state index is 12.4. The summed E-state index contributed by atoms with van der Waals surface area (Å²) in [5.41, 5.74) is 0.567. The fourth-order valence-electron chi connectivity index (χ4n) is 2.64. The Morgan fingerprint density at radius 3 is 2.53 bits per heavy atom. The highest BCUT2D eigenvalue weighted by Gasteiger charge is 2.23. The third kappa shape index (κ3) is 4.85. The minimum absolute atomic E-state index is 0.00591. The van der Waals surface area contributed by atoms with Gasteiger partial charge in [0.15, 0.2) is 6.61 Å². The van der Waals surface area contributed by atoms with Gasteiger partial charge < -0.3 is 18.7 Å². The van der Waals surface area contributed by atoms with E-state index in [1.54, 1.807) is 18.2 Å². The van der Waals surface area contributed by atoms with Crippen molar-refractivity contribution in [3.63, 3.8) is 0 Å². The molecule has 3 aromatic rings. The molecule has 1 heterocycles. The van der Waals surface area contributed by atoms with Gasteiger partial charge in [-0.2, -0.15) is 4.98 Å². The molecule has 10 nitrogen and oxygen atoms in total. The molecule has 0 fully saturated rings. The van der Waals surface area contributed by atoms with Crippen LogP contribution in [-0.4, -0.2) is 57.1 Å². The van der Waals surface area contributed by atoms with Crippen molar-refractivity contribution < 1.29 is 31.9 Å². The first-order valence-corrected chi connectivity index (χ1v) is 10.9. The number of methoxy groups -OCH3 is 2. The summed E-state index contributed by atoms with van der Waals surface area (Å²) >= 11 is 6.00. The van der Waals surface area contributed by atoms with Crippen molar-refractivity contribution in [1.82, 2.24) is 14.4 Å². The Morgan fingerprint density at radius 2 is 1.88 bits per heavy atom. The predicted octanol–water partition coefficient (Wildman–Crippen LogP) is 3.01. The molecule has 32 heavy (non-hydrogen) atoms. The zero-order valence-corrected chi connectivity index (χ0v) is 19.2. The van der Waals surface area contributed by atoms with E-state index in [1.165, 1.54) is 40.4 Å². The Labute approximate surface area is 189 Å². The van der Waals surface area contributed by atoms with Crippen LogP contribution in [-0.2, 0) is 21.4 Å². The van der Waals surface area contributed by atoms with Gasteiger partial charge in [-0.05, 0) is 30.3 Å². The van der Waals surface area contributed by atoms with E-state index >= 15 is 0 Å². The predicted molar refractivity (Wildman–Crippen MR) is 114 cm³/mol. The number of carbonyl (C=O) groups excluding carboxylic acids is 1. The molecule has 0 aliphatic rings. The lowest BCUT2D eigenvalue weighted by Crippen LogP contribution is -2.23.